The van der Waals surface area contributed by atoms with E-state index in [1.54, 1.807) is 45.8 Å². The number of primary amides is 1. The van der Waals surface area contributed by atoms with Gasteiger partial charge in [-0.2, -0.15) is 4.98 Å². The fraction of sp³-hybridized carbons (Fsp3) is 0.212. The number of nitrogen functional groups attached to an aromatic ring is 1. The van der Waals surface area contributed by atoms with Crippen molar-refractivity contribution in [2.45, 2.75) is 25.9 Å². The summed E-state index contributed by atoms with van der Waals surface area (Å²) in [5.41, 5.74) is 17.0. The molecule has 0 aliphatic carbocycles. The predicted molar refractivity (Wildman–Crippen MR) is 195 cm³/mol. The van der Waals surface area contributed by atoms with Crippen LogP contribution in [0.25, 0.3) is 44.6 Å². The van der Waals surface area contributed by atoms with Crippen LogP contribution in [0.1, 0.15) is 11.1 Å². The number of nitrogens with two attached hydrogens (primary N) is 2. The van der Waals surface area contributed by atoms with Crippen LogP contribution in [0, 0.1) is 0 Å². The zero-order valence-electron chi connectivity index (χ0n) is 26.4. The molecule has 51 heavy (non-hydrogen) atoms. The molecule has 14 nitrogen and oxygen atoms in total. The smallest absolute Gasteiger partial charge is 0.241 e. The number of nitrogens with zero attached hydrogens (tertiary/aromatic N) is 6. The minimum absolute atomic E-state index is 0.0424. The molecule has 2 amide bonds. The first kappa shape index (κ1) is 33.1. The highest BCUT2D eigenvalue weighted by Gasteiger charge is 2.28. The first-order valence-electron chi connectivity index (χ1n) is 15.6. The van der Waals surface area contributed by atoms with Crippen molar-refractivity contribution in [1.29, 1.82) is 0 Å². The SMILES string of the molecule is NC(=O)Cn1ccc2c(-c3c(Cl)cc(Cl)c4c3CCO4)nc(NCNC(=O)Cn3ccc4nc(N)nc(-c5c(Cl)cc(Cl)c6c5CCO6)c43)nc21. The summed E-state index contributed by atoms with van der Waals surface area (Å²) in [6, 6.07) is 6.76. The van der Waals surface area contributed by atoms with E-state index in [-0.39, 0.29) is 37.6 Å². The van der Waals surface area contributed by atoms with Crippen molar-refractivity contribution in [2.24, 2.45) is 5.73 Å². The largest absolute Gasteiger partial charge is 0.491 e. The summed E-state index contributed by atoms with van der Waals surface area (Å²) < 4.78 is 14.9. The highest BCUT2D eigenvalue weighted by Crippen LogP contribution is 2.47. The Bertz CT molecular complexity index is 2450. The molecule has 2 aliphatic heterocycles. The van der Waals surface area contributed by atoms with E-state index >= 15 is 0 Å². The molecule has 260 valence electrons. The first-order valence-corrected chi connectivity index (χ1v) is 17.1. The molecule has 0 saturated carbocycles. The molecule has 4 aromatic heterocycles. The van der Waals surface area contributed by atoms with E-state index < -0.39 is 5.91 Å². The fourth-order valence-electron chi connectivity index (χ4n) is 6.61. The van der Waals surface area contributed by atoms with Crippen LogP contribution < -0.4 is 31.6 Å². The Hall–Kier alpha value is -5.02. The summed E-state index contributed by atoms with van der Waals surface area (Å²) in [7, 11) is 0. The predicted octanol–water partition coefficient (Wildman–Crippen LogP) is 5.25. The standard InChI is InChI=1S/C33H26Cl4N10O4/c34-17-9-19(36)29-14(3-7-50-29)24(17)26-16-1-5-47(11-22(38)48)31(16)45-33(44-26)41-13-40-23(49)12-46-6-2-21-28(46)27(43-32(39)42-21)25-15-4-8-51-30(15)20(37)10-18(25)35/h1-2,5-6,9-10H,3-4,7-8,11-13H2,(H2,38,48)(H,40,49)(H2,39,42,43)(H,41,44,45). The van der Waals surface area contributed by atoms with Crippen LogP contribution in [0.5, 0.6) is 11.5 Å². The molecule has 0 fully saturated rings. The van der Waals surface area contributed by atoms with Crippen molar-refractivity contribution in [3.05, 3.63) is 67.9 Å². The molecule has 0 atom stereocenters. The Morgan fingerprint density at radius 3 is 2.12 bits per heavy atom. The third-order valence-corrected chi connectivity index (χ3v) is 9.82. The molecule has 2 aromatic carbocycles. The van der Waals surface area contributed by atoms with Gasteiger partial charge >= 0.3 is 0 Å². The zero-order valence-corrected chi connectivity index (χ0v) is 29.4. The van der Waals surface area contributed by atoms with E-state index in [1.165, 1.54) is 0 Å². The average molecular weight is 768 g/mol. The van der Waals surface area contributed by atoms with Crippen LogP contribution in [-0.2, 0) is 35.5 Å². The highest BCUT2D eigenvalue weighted by atomic mass is 35.5. The van der Waals surface area contributed by atoms with Crippen molar-refractivity contribution >= 4 is 92.2 Å². The summed E-state index contributed by atoms with van der Waals surface area (Å²) in [6.45, 7) is 0.650. The maximum atomic E-state index is 13.4. The second-order valence-electron chi connectivity index (χ2n) is 11.8. The quantitative estimate of drug-likeness (QED) is 0.142. The Morgan fingerprint density at radius 2 is 1.45 bits per heavy atom. The number of benzene rings is 2. The van der Waals surface area contributed by atoms with Crippen molar-refractivity contribution in [1.82, 2.24) is 34.4 Å². The van der Waals surface area contributed by atoms with Crippen molar-refractivity contribution in [3.8, 4) is 34.0 Å². The minimum Gasteiger partial charge on any atom is -0.491 e. The van der Waals surface area contributed by atoms with Gasteiger partial charge in [-0.25, -0.2) is 15.0 Å². The monoisotopic (exact) mass is 766 g/mol. The van der Waals surface area contributed by atoms with Crippen LogP contribution in [0.15, 0.2) is 36.7 Å². The van der Waals surface area contributed by atoms with Crippen molar-refractivity contribution < 1.29 is 19.1 Å². The normalized spacial score (nSPS) is 13.3. The second kappa shape index (κ2) is 12.9. The lowest BCUT2D eigenvalue weighted by molar-refractivity contribution is -0.121. The van der Waals surface area contributed by atoms with Crippen LogP contribution in [0.4, 0.5) is 11.9 Å². The van der Waals surface area contributed by atoms with E-state index in [1.807, 2.05) is 0 Å². The Kier molecular flexibility index (Phi) is 8.41. The van der Waals surface area contributed by atoms with Gasteiger partial charge in [-0.15, -0.1) is 0 Å². The van der Waals surface area contributed by atoms with Crippen LogP contribution in [0.2, 0.25) is 20.1 Å². The van der Waals surface area contributed by atoms with Gasteiger partial charge in [-0.3, -0.25) is 9.59 Å². The van der Waals surface area contributed by atoms with Gasteiger partial charge in [0.05, 0.1) is 56.7 Å². The molecule has 6 heterocycles. The number of amides is 2. The summed E-state index contributed by atoms with van der Waals surface area (Å²) in [5.74, 6) is 0.437. The number of ether oxygens (including phenoxy) is 2. The number of aromatic nitrogens is 6. The molecule has 0 bridgehead atoms. The number of hydrogen-bond acceptors (Lipinski definition) is 10. The van der Waals surface area contributed by atoms with Gasteiger partial charge in [0.2, 0.25) is 23.7 Å². The third kappa shape index (κ3) is 5.87. The minimum atomic E-state index is -0.543. The van der Waals surface area contributed by atoms with Crippen molar-refractivity contribution in [3.63, 3.8) is 0 Å². The molecular weight excluding hydrogens is 742 g/mol. The molecule has 18 heteroatoms. The van der Waals surface area contributed by atoms with Crippen LogP contribution >= 0.6 is 46.4 Å². The van der Waals surface area contributed by atoms with E-state index in [0.29, 0.717) is 102 Å². The van der Waals surface area contributed by atoms with Gasteiger partial charge in [0, 0.05) is 52.9 Å². The number of fused-ring (bicyclic) bond motifs is 4. The van der Waals surface area contributed by atoms with Gasteiger partial charge < -0.3 is 40.7 Å². The van der Waals surface area contributed by atoms with Crippen LogP contribution in [-0.4, -0.2) is 60.8 Å². The lowest BCUT2D eigenvalue weighted by Crippen LogP contribution is -2.32. The lowest BCUT2D eigenvalue weighted by Gasteiger charge is -2.15. The average Bonchev–Trinajstić information content (AvgIpc) is 3.89. The van der Waals surface area contributed by atoms with Gasteiger partial charge in [0.25, 0.3) is 0 Å². The molecular formula is C33H26Cl4N10O4. The maximum Gasteiger partial charge on any atom is 0.241 e. The summed E-state index contributed by atoms with van der Waals surface area (Å²) in [5, 5.41) is 8.13. The number of anilines is 2. The fourth-order valence-corrected chi connectivity index (χ4v) is 7.90. The molecule has 0 unspecified atom stereocenters. The highest BCUT2D eigenvalue weighted by molar-refractivity contribution is 6.38. The van der Waals surface area contributed by atoms with Crippen molar-refractivity contribution in [2.75, 3.05) is 30.9 Å². The molecule has 0 spiro atoms. The van der Waals surface area contributed by atoms with Gasteiger partial charge in [-0.1, -0.05) is 46.4 Å². The van der Waals surface area contributed by atoms with Gasteiger partial charge in [0.15, 0.2) is 0 Å². The third-order valence-electron chi connectivity index (χ3n) is 8.66. The molecule has 8 rings (SSSR count). The molecule has 0 radical (unpaired) electrons. The Balaban J connectivity index is 1.08. The maximum absolute atomic E-state index is 13.4. The van der Waals surface area contributed by atoms with Crippen LogP contribution in [0.3, 0.4) is 0 Å². The topological polar surface area (TPSA) is 190 Å². The summed E-state index contributed by atoms with van der Waals surface area (Å²) in [6.07, 6.45) is 4.58. The number of carbonyl (C=O) groups excluding carboxylic acids is 2. The molecule has 6 aromatic rings. The summed E-state index contributed by atoms with van der Waals surface area (Å²) in [4.78, 5) is 43.6. The molecule has 0 saturated heterocycles. The zero-order chi connectivity index (χ0) is 35.6. The second-order valence-corrected chi connectivity index (χ2v) is 13.5. The van der Waals surface area contributed by atoms with E-state index in [0.717, 1.165) is 11.1 Å². The number of carbonyl (C=O) groups is 2. The number of rotatable bonds is 9. The number of halogens is 4. The lowest BCUT2D eigenvalue weighted by atomic mass is 10.00. The van der Waals surface area contributed by atoms with E-state index in [4.69, 9.17) is 72.3 Å². The van der Waals surface area contributed by atoms with E-state index in [2.05, 4.69) is 25.6 Å². The molecule has 6 N–H and O–H groups in total. The van der Waals surface area contributed by atoms with Gasteiger partial charge in [-0.05, 0) is 24.3 Å². The Labute approximate surface area is 308 Å². The van der Waals surface area contributed by atoms with Gasteiger partial charge in [0.1, 0.15) is 35.9 Å². The number of nitrogens with one attached hydrogen (secondary N) is 2. The first-order chi connectivity index (χ1) is 24.6. The molecule has 2 aliphatic rings. The number of hydrogen-bond donors (Lipinski definition) is 4. The summed E-state index contributed by atoms with van der Waals surface area (Å²) >= 11 is 26.3. The Morgan fingerprint density at radius 1 is 0.804 bits per heavy atom. The van der Waals surface area contributed by atoms with E-state index in [9.17, 15) is 9.59 Å².